The fourth-order valence-electron chi connectivity index (χ4n) is 4.36. The molecular weight excluding hydrogens is 390 g/mol. The molecule has 0 bridgehead atoms. The molecule has 1 atom stereocenters. The van der Waals surface area contributed by atoms with E-state index in [1.54, 1.807) is 29.2 Å². The predicted octanol–water partition coefficient (Wildman–Crippen LogP) is 3.89. The topological polar surface area (TPSA) is 78.5 Å². The van der Waals surface area contributed by atoms with E-state index in [1.807, 2.05) is 42.5 Å². The second-order valence-electron chi connectivity index (χ2n) is 8.26. The Balaban J connectivity index is 1.65. The fourth-order valence-corrected chi connectivity index (χ4v) is 4.36. The van der Waals surface area contributed by atoms with Crippen LogP contribution in [0.25, 0.3) is 6.08 Å². The summed E-state index contributed by atoms with van der Waals surface area (Å²) in [7, 11) is 0. The summed E-state index contributed by atoms with van der Waals surface area (Å²) in [6, 6.07) is 16.9. The van der Waals surface area contributed by atoms with Crippen molar-refractivity contribution in [2.45, 2.75) is 50.6 Å². The number of carbonyl (C=O) groups is 3. The van der Waals surface area contributed by atoms with Crippen LogP contribution in [0, 0.1) is 0 Å². The van der Waals surface area contributed by atoms with Gasteiger partial charge in [0.2, 0.25) is 11.8 Å². The van der Waals surface area contributed by atoms with Crippen molar-refractivity contribution in [2.24, 2.45) is 0 Å². The van der Waals surface area contributed by atoms with Gasteiger partial charge in [-0.15, -0.1) is 0 Å². The molecule has 0 radical (unpaired) electrons. The lowest BCUT2D eigenvalue weighted by Crippen LogP contribution is -2.70. The van der Waals surface area contributed by atoms with Gasteiger partial charge in [-0.25, -0.2) is 0 Å². The summed E-state index contributed by atoms with van der Waals surface area (Å²) in [4.78, 5) is 39.0. The zero-order valence-electron chi connectivity index (χ0n) is 17.6. The maximum atomic E-state index is 13.5. The first-order valence-corrected chi connectivity index (χ1v) is 10.7. The molecule has 3 amide bonds. The van der Waals surface area contributed by atoms with Crippen LogP contribution in [-0.4, -0.2) is 29.3 Å². The number of amides is 3. The highest BCUT2D eigenvalue weighted by atomic mass is 16.2. The van der Waals surface area contributed by atoms with Gasteiger partial charge in [-0.1, -0.05) is 49.2 Å². The maximum absolute atomic E-state index is 13.5. The summed E-state index contributed by atoms with van der Waals surface area (Å²) in [6.07, 6.45) is 8.06. The number of nitrogens with one attached hydrogen (secondary N) is 2. The molecule has 4 rings (SSSR count). The van der Waals surface area contributed by atoms with Crippen LogP contribution in [0.15, 0.2) is 60.7 Å². The second kappa shape index (κ2) is 8.76. The van der Waals surface area contributed by atoms with Crippen molar-refractivity contribution in [3.63, 3.8) is 0 Å². The van der Waals surface area contributed by atoms with E-state index in [0.29, 0.717) is 11.4 Å². The molecule has 1 saturated carbocycles. The van der Waals surface area contributed by atoms with Crippen LogP contribution in [0.3, 0.4) is 0 Å². The monoisotopic (exact) mass is 417 g/mol. The lowest BCUT2D eigenvalue weighted by molar-refractivity contribution is -0.137. The Labute approximate surface area is 182 Å². The zero-order chi connectivity index (χ0) is 21.8. The van der Waals surface area contributed by atoms with Crippen LogP contribution >= 0.6 is 0 Å². The number of hydrogen-bond acceptors (Lipinski definition) is 3. The van der Waals surface area contributed by atoms with E-state index < -0.39 is 5.54 Å². The minimum atomic E-state index is -1.06. The minimum Gasteiger partial charge on any atom is -0.351 e. The first kappa shape index (κ1) is 20.8. The molecule has 0 spiro atoms. The molecular formula is C25H27N3O3. The normalized spacial score (nSPS) is 21.2. The van der Waals surface area contributed by atoms with Crippen LogP contribution in [0.5, 0.6) is 0 Å². The van der Waals surface area contributed by atoms with Crippen LogP contribution < -0.4 is 15.5 Å². The first-order valence-electron chi connectivity index (χ1n) is 10.7. The predicted molar refractivity (Wildman–Crippen MR) is 121 cm³/mol. The Morgan fingerprint density at radius 2 is 1.71 bits per heavy atom. The van der Waals surface area contributed by atoms with Gasteiger partial charge in [0.25, 0.3) is 5.91 Å². The Morgan fingerprint density at radius 1 is 1.03 bits per heavy atom. The average molecular weight is 418 g/mol. The number of β-lactam (4-membered cyclic amide) rings is 1. The van der Waals surface area contributed by atoms with Gasteiger partial charge in [0, 0.05) is 24.3 Å². The molecule has 1 aliphatic heterocycles. The Bertz CT molecular complexity index is 994. The SMILES string of the molecule is CC(=O)Nc1ccc(N2C(=O)CC2(/C=C/c2ccccc2)C(=O)NC2CCCC2)cc1. The van der Waals surface area contributed by atoms with E-state index >= 15 is 0 Å². The summed E-state index contributed by atoms with van der Waals surface area (Å²) < 4.78 is 0. The lowest BCUT2D eigenvalue weighted by Gasteiger charge is -2.49. The largest absolute Gasteiger partial charge is 0.351 e. The number of nitrogens with zero attached hydrogens (tertiary/aromatic N) is 1. The number of rotatable bonds is 6. The number of anilines is 2. The third-order valence-electron chi connectivity index (χ3n) is 5.95. The standard InChI is InChI=1S/C25H27N3O3/c1-18(29)26-21-11-13-22(14-12-21)28-23(30)17-25(28,16-15-19-7-3-2-4-8-19)24(31)27-20-9-5-6-10-20/h2-4,7-8,11-16,20H,5-6,9-10,17H2,1H3,(H,26,29)(H,27,31)/b16-15+. The Kier molecular flexibility index (Phi) is 5.89. The van der Waals surface area contributed by atoms with Crippen molar-refractivity contribution >= 4 is 35.2 Å². The van der Waals surface area contributed by atoms with E-state index in [4.69, 9.17) is 0 Å². The minimum absolute atomic E-state index is 0.105. The molecule has 1 aliphatic carbocycles. The van der Waals surface area contributed by atoms with Gasteiger partial charge in [0.1, 0.15) is 0 Å². The van der Waals surface area contributed by atoms with Crippen molar-refractivity contribution in [3.05, 3.63) is 66.2 Å². The molecule has 6 heteroatoms. The van der Waals surface area contributed by atoms with Crippen molar-refractivity contribution in [1.82, 2.24) is 5.32 Å². The van der Waals surface area contributed by atoms with Crippen molar-refractivity contribution < 1.29 is 14.4 Å². The summed E-state index contributed by atoms with van der Waals surface area (Å²) in [6.45, 7) is 1.44. The molecule has 2 aromatic rings. The summed E-state index contributed by atoms with van der Waals surface area (Å²) in [5.41, 5.74) is 1.18. The molecule has 2 aliphatic rings. The van der Waals surface area contributed by atoms with E-state index in [0.717, 1.165) is 31.2 Å². The lowest BCUT2D eigenvalue weighted by atomic mass is 9.80. The molecule has 31 heavy (non-hydrogen) atoms. The van der Waals surface area contributed by atoms with E-state index in [-0.39, 0.29) is 30.2 Å². The molecule has 1 saturated heterocycles. The van der Waals surface area contributed by atoms with Gasteiger partial charge in [0.05, 0.1) is 6.42 Å². The van der Waals surface area contributed by atoms with E-state index in [1.165, 1.54) is 6.92 Å². The molecule has 1 heterocycles. The molecule has 6 nitrogen and oxygen atoms in total. The van der Waals surface area contributed by atoms with Gasteiger partial charge >= 0.3 is 0 Å². The smallest absolute Gasteiger partial charge is 0.251 e. The van der Waals surface area contributed by atoms with Gasteiger partial charge in [-0.3, -0.25) is 19.3 Å². The number of hydrogen-bond donors (Lipinski definition) is 2. The zero-order valence-corrected chi connectivity index (χ0v) is 17.6. The molecule has 2 N–H and O–H groups in total. The Hall–Kier alpha value is -3.41. The van der Waals surface area contributed by atoms with Gasteiger partial charge in [-0.2, -0.15) is 0 Å². The van der Waals surface area contributed by atoms with E-state index in [9.17, 15) is 14.4 Å². The Morgan fingerprint density at radius 3 is 2.32 bits per heavy atom. The first-order chi connectivity index (χ1) is 15.0. The molecule has 160 valence electrons. The fraction of sp³-hybridized carbons (Fsp3) is 0.320. The van der Waals surface area contributed by atoms with Crippen LogP contribution in [0.2, 0.25) is 0 Å². The van der Waals surface area contributed by atoms with Crippen LogP contribution in [0.1, 0.15) is 44.6 Å². The third-order valence-corrected chi connectivity index (χ3v) is 5.95. The van der Waals surface area contributed by atoms with Crippen LogP contribution in [-0.2, 0) is 14.4 Å². The molecule has 2 aromatic carbocycles. The highest BCUT2D eigenvalue weighted by molar-refractivity contribution is 6.15. The van der Waals surface area contributed by atoms with Gasteiger partial charge < -0.3 is 10.6 Å². The third kappa shape index (κ3) is 4.38. The van der Waals surface area contributed by atoms with E-state index in [2.05, 4.69) is 10.6 Å². The van der Waals surface area contributed by atoms with Gasteiger partial charge in [0.15, 0.2) is 5.54 Å². The number of benzene rings is 2. The van der Waals surface area contributed by atoms with Crippen molar-refractivity contribution in [3.8, 4) is 0 Å². The summed E-state index contributed by atoms with van der Waals surface area (Å²) in [5.74, 6) is -0.410. The van der Waals surface area contributed by atoms with Crippen molar-refractivity contribution in [2.75, 3.05) is 10.2 Å². The van der Waals surface area contributed by atoms with Crippen molar-refractivity contribution in [1.29, 1.82) is 0 Å². The molecule has 2 fully saturated rings. The highest BCUT2D eigenvalue weighted by Crippen LogP contribution is 2.40. The van der Waals surface area contributed by atoms with Crippen LogP contribution in [0.4, 0.5) is 11.4 Å². The highest BCUT2D eigenvalue weighted by Gasteiger charge is 2.56. The van der Waals surface area contributed by atoms with Gasteiger partial charge in [-0.05, 0) is 48.7 Å². The quantitative estimate of drug-likeness (QED) is 0.700. The summed E-state index contributed by atoms with van der Waals surface area (Å²) in [5, 5.41) is 5.90. The second-order valence-corrected chi connectivity index (χ2v) is 8.26. The molecule has 0 aromatic heterocycles. The maximum Gasteiger partial charge on any atom is 0.251 e. The average Bonchev–Trinajstić information content (AvgIpc) is 3.25. The summed E-state index contributed by atoms with van der Waals surface area (Å²) >= 11 is 0. The molecule has 1 unspecified atom stereocenters. The number of carbonyl (C=O) groups excluding carboxylic acids is 3.